The van der Waals surface area contributed by atoms with E-state index in [9.17, 15) is 4.57 Å². The highest BCUT2D eigenvalue weighted by atomic mass is 31.2. The lowest BCUT2D eigenvalue weighted by atomic mass is 10.7. The number of aliphatic hydroxyl groups is 1. The van der Waals surface area contributed by atoms with Crippen LogP contribution in [0, 0.1) is 0 Å². The second-order valence-corrected chi connectivity index (χ2v) is 5.94. The van der Waals surface area contributed by atoms with Crippen LogP contribution in [0.4, 0.5) is 0 Å². The minimum Gasteiger partial charge on any atom is -0.384 e. The van der Waals surface area contributed by atoms with E-state index in [0.717, 1.165) is 0 Å². The molecule has 0 aliphatic carbocycles. The Kier molecular flexibility index (Phi) is 3.41. The zero-order valence-electron chi connectivity index (χ0n) is 6.09. The van der Waals surface area contributed by atoms with Gasteiger partial charge in [-0.3, -0.25) is 0 Å². The summed E-state index contributed by atoms with van der Waals surface area (Å²) in [4.78, 5) is 0. The zero-order chi connectivity index (χ0) is 7.49. The highest BCUT2D eigenvalue weighted by Gasteiger charge is 2.18. The summed E-state index contributed by atoms with van der Waals surface area (Å²) < 4.78 is 11.0. The monoisotopic (exact) mass is 151 g/mol. The van der Waals surface area contributed by atoms with Gasteiger partial charge in [0.2, 0.25) is 0 Å². The molecule has 0 aromatic rings. The number of rotatable bonds is 3. The van der Waals surface area contributed by atoms with Crippen LogP contribution >= 0.6 is 7.14 Å². The van der Waals surface area contributed by atoms with E-state index in [1.165, 1.54) is 0 Å². The van der Waals surface area contributed by atoms with Gasteiger partial charge in [-0.05, 0) is 20.4 Å². The molecular formula is C5H14NO2P. The summed E-state index contributed by atoms with van der Waals surface area (Å²) in [6, 6.07) is 0. The van der Waals surface area contributed by atoms with Crippen molar-refractivity contribution in [2.24, 2.45) is 0 Å². The summed E-state index contributed by atoms with van der Waals surface area (Å²) in [6.45, 7) is 3.56. The van der Waals surface area contributed by atoms with Crippen LogP contribution in [0.25, 0.3) is 0 Å². The number of hydrogen-bond donors (Lipinski definition) is 2. The van der Waals surface area contributed by atoms with Crippen LogP contribution in [0.2, 0.25) is 0 Å². The Hall–Kier alpha value is 0.150. The number of hydrogen-bond acceptors (Lipinski definition) is 3. The van der Waals surface area contributed by atoms with Crippen molar-refractivity contribution < 1.29 is 9.67 Å². The Labute approximate surface area is 55.8 Å². The molecule has 0 spiro atoms. The van der Waals surface area contributed by atoms with Crippen LogP contribution in [-0.4, -0.2) is 37.9 Å². The first-order valence-electron chi connectivity index (χ1n) is 2.86. The van der Waals surface area contributed by atoms with Gasteiger partial charge in [0.15, 0.2) is 0 Å². The Balaban J connectivity index is 3.74. The lowest BCUT2D eigenvalue weighted by molar-refractivity contribution is 0.247. The van der Waals surface area contributed by atoms with Gasteiger partial charge in [-0.2, -0.15) is 0 Å². The molecule has 0 radical (unpaired) electrons. The molecule has 0 aromatic carbocycles. The van der Waals surface area contributed by atoms with E-state index in [1.54, 1.807) is 20.4 Å². The fourth-order valence-electron chi connectivity index (χ4n) is 0.402. The third-order valence-electron chi connectivity index (χ3n) is 1.10. The first-order valence-corrected chi connectivity index (χ1v) is 5.53. The van der Waals surface area contributed by atoms with Gasteiger partial charge in [0.05, 0.1) is 0 Å². The minimum atomic E-state index is -2.28. The van der Waals surface area contributed by atoms with Crippen molar-refractivity contribution in [2.75, 3.05) is 26.9 Å². The van der Waals surface area contributed by atoms with E-state index in [-0.39, 0.29) is 0 Å². The van der Waals surface area contributed by atoms with Crippen LogP contribution in [0.5, 0.6) is 0 Å². The molecule has 0 heterocycles. The predicted octanol–water partition coefficient (Wildman–Crippen LogP) is 0.147. The molecule has 0 bridgehead atoms. The first-order chi connectivity index (χ1) is 3.98. The Morgan fingerprint density at radius 3 is 2.22 bits per heavy atom. The maximum atomic E-state index is 11.0. The van der Waals surface area contributed by atoms with Gasteiger partial charge < -0.3 is 15.0 Å². The maximum absolute atomic E-state index is 11.0. The smallest absolute Gasteiger partial charge is 0.119 e. The SMILES string of the molecule is CNCC(O)P(C)(C)=O. The lowest BCUT2D eigenvalue weighted by Crippen LogP contribution is -2.22. The molecule has 0 amide bonds. The van der Waals surface area contributed by atoms with Crippen LogP contribution in [0.15, 0.2) is 0 Å². The van der Waals surface area contributed by atoms with Crippen LogP contribution < -0.4 is 5.32 Å². The van der Waals surface area contributed by atoms with Gasteiger partial charge in [-0.1, -0.05) is 0 Å². The second kappa shape index (κ2) is 3.35. The summed E-state index contributed by atoms with van der Waals surface area (Å²) in [5.41, 5.74) is 0. The molecule has 1 atom stereocenters. The van der Waals surface area contributed by atoms with Gasteiger partial charge in [0.25, 0.3) is 0 Å². The van der Waals surface area contributed by atoms with Gasteiger partial charge in [-0.25, -0.2) is 0 Å². The number of likely N-dealkylation sites (N-methyl/N-ethyl adjacent to an activating group) is 1. The standard InChI is InChI=1S/C5H14NO2P/c1-6-4-5(7)9(2,3)8/h5-7H,4H2,1-3H3. The van der Waals surface area contributed by atoms with E-state index < -0.39 is 13.0 Å². The predicted molar refractivity (Wildman–Crippen MR) is 39.4 cm³/mol. The molecule has 0 aliphatic heterocycles. The van der Waals surface area contributed by atoms with Crippen molar-refractivity contribution in [3.63, 3.8) is 0 Å². The molecule has 56 valence electrons. The molecule has 2 N–H and O–H groups in total. The quantitative estimate of drug-likeness (QED) is 0.564. The average Bonchev–Trinajstić information content (AvgIpc) is 1.64. The second-order valence-electron chi connectivity index (χ2n) is 2.47. The molecule has 0 aromatic heterocycles. The number of nitrogens with one attached hydrogen (secondary N) is 1. The van der Waals surface area contributed by atoms with E-state index in [2.05, 4.69) is 5.32 Å². The fourth-order valence-corrected chi connectivity index (χ4v) is 1.02. The third-order valence-corrected chi connectivity index (χ3v) is 2.72. The Morgan fingerprint density at radius 2 is 2.11 bits per heavy atom. The molecule has 3 nitrogen and oxygen atoms in total. The first kappa shape index (κ1) is 9.15. The van der Waals surface area contributed by atoms with E-state index in [0.29, 0.717) is 6.54 Å². The lowest BCUT2D eigenvalue weighted by Gasteiger charge is -2.13. The molecule has 1 unspecified atom stereocenters. The van der Waals surface area contributed by atoms with Crippen LogP contribution in [-0.2, 0) is 4.57 Å². The van der Waals surface area contributed by atoms with Crippen molar-refractivity contribution in [2.45, 2.75) is 5.85 Å². The van der Waals surface area contributed by atoms with Gasteiger partial charge in [0, 0.05) is 6.54 Å². The summed E-state index contributed by atoms with van der Waals surface area (Å²) in [6.07, 6.45) is 0. The molecule has 0 saturated heterocycles. The molecule has 0 fully saturated rings. The summed E-state index contributed by atoms with van der Waals surface area (Å²) in [5.74, 6) is -0.692. The van der Waals surface area contributed by atoms with Gasteiger partial charge in [-0.15, -0.1) is 0 Å². The highest BCUT2D eigenvalue weighted by Crippen LogP contribution is 2.40. The van der Waals surface area contributed by atoms with Crippen molar-refractivity contribution in [3.8, 4) is 0 Å². The van der Waals surface area contributed by atoms with E-state index >= 15 is 0 Å². The molecule has 9 heavy (non-hydrogen) atoms. The Morgan fingerprint density at radius 1 is 1.67 bits per heavy atom. The Bertz CT molecular complexity index is 120. The number of aliphatic hydroxyl groups excluding tert-OH is 1. The summed E-state index contributed by atoms with van der Waals surface area (Å²) in [5, 5.41) is 11.8. The topological polar surface area (TPSA) is 49.3 Å². The minimum absolute atomic E-state index is 0.407. The van der Waals surface area contributed by atoms with Crippen LogP contribution in [0.1, 0.15) is 0 Å². The largest absolute Gasteiger partial charge is 0.384 e. The highest BCUT2D eigenvalue weighted by molar-refractivity contribution is 7.62. The van der Waals surface area contributed by atoms with Crippen molar-refractivity contribution in [1.82, 2.24) is 5.32 Å². The van der Waals surface area contributed by atoms with Crippen molar-refractivity contribution in [1.29, 1.82) is 0 Å². The molecule has 4 heteroatoms. The van der Waals surface area contributed by atoms with E-state index in [1.807, 2.05) is 0 Å². The molecular weight excluding hydrogens is 137 g/mol. The summed E-state index contributed by atoms with van der Waals surface area (Å²) in [7, 11) is -0.559. The van der Waals surface area contributed by atoms with Gasteiger partial charge in [0.1, 0.15) is 13.0 Å². The molecule has 0 saturated carbocycles. The maximum Gasteiger partial charge on any atom is 0.119 e. The molecule has 0 rings (SSSR count). The van der Waals surface area contributed by atoms with Crippen molar-refractivity contribution in [3.05, 3.63) is 0 Å². The zero-order valence-corrected chi connectivity index (χ0v) is 6.98. The van der Waals surface area contributed by atoms with Crippen molar-refractivity contribution >= 4 is 7.14 Å². The van der Waals surface area contributed by atoms with Gasteiger partial charge >= 0.3 is 0 Å². The van der Waals surface area contributed by atoms with Crippen LogP contribution in [0.3, 0.4) is 0 Å². The average molecular weight is 151 g/mol. The fraction of sp³-hybridized carbons (Fsp3) is 1.00. The normalized spacial score (nSPS) is 15.6. The third kappa shape index (κ3) is 3.68. The molecule has 0 aliphatic rings. The summed E-state index contributed by atoms with van der Waals surface area (Å²) >= 11 is 0. The van der Waals surface area contributed by atoms with E-state index in [4.69, 9.17) is 5.11 Å².